The van der Waals surface area contributed by atoms with Crippen LogP contribution in [0.5, 0.6) is 5.75 Å². The summed E-state index contributed by atoms with van der Waals surface area (Å²) in [5.74, 6) is -0.278. The van der Waals surface area contributed by atoms with Crippen molar-refractivity contribution in [3.05, 3.63) is 35.9 Å². The monoisotopic (exact) mass is 279 g/mol. The maximum atomic E-state index is 13.6. The Hall–Kier alpha value is -1.82. The molecule has 0 spiro atoms. The molecule has 0 aliphatic rings. The Bertz CT molecular complexity index is 575. The number of nitrogens with zero attached hydrogens (tertiary/aromatic N) is 2. The number of aryl methyl sites for hydroxylation is 1. The SMILES string of the molecule is CCOc1cc(Sc2ncc(C)cn2)c(N)cc1F. The van der Waals surface area contributed by atoms with Gasteiger partial charge in [0, 0.05) is 29.0 Å². The van der Waals surface area contributed by atoms with Crippen molar-refractivity contribution in [3.63, 3.8) is 0 Å². The van der Waals surface area contributed by atoms with Crippen LogP contribution in [0, 0.1) is 12.7 Å². The van der Waals surface area contributed by atoms with Crippen LogP contribution in [-0.4, -0.2) is 16.6 Å². The second-order valence-corrected chi connectivity index (χ2v) is 4.91. The smallest absolute Gasteiger partial charge is 0.192 e. The van der Waals surface area contributed by atoms with Crippen LogP contribution in [0.4, 0.5) is 10.1 Å². The molecule has 19 heavy (non-hydrogen) atoms. The van der Waals surface area contributed by atoms with Crippen molar-refractivity contribution in [3.8, 4) is 5.75 Å². The zero-order chi connectivity index (χ0) is 13.8. The maximum absolute atomic E-state index is 13.6. The first-order valence-electron chi connectivity index (χ1n) is 5.78. The molecule has 1 aromatic carbocycles. The number of nitrogen functional groups attached to an aromatic ring is 1. The van der Waals surface area contributed by atoms with Crippen molar-refractivity contribution in [1.29, 1.82) is 0 Å². The van der Waals surface area contributed by atoms with Gasteiger partial charge >= 0.3 is 0 Å². The Labute approximate surface area is 115 Å². The number of ether oxygens (including phenoxy) is 1. The summed E-state index contributed by atoms with van der Waals surface area (Å²) in [5.41, 5.74) is 7.11. The van der Waals surface area contributed by atoms with Crippen LogP contribution in [0.1, 0.15) is 12.5 Å². The predicted octanol–water partition coefficient (Wildman–Crippen LogP) is 3.06. The number of hydrogen-bond acceptors (Lipinski definition) is 5. The van der Waals surface area contributed by atoms with E-state index in [4.69, 9.17) is 10.5 Å². The van der Waals surface area contributed by atoms with E-state index < -0.39 is 5.82 Å². The quantitative estimate of drug-likeness (QED) is 0.688. The zero-order valence-electron chi connectivity index (χ0n) is 10.7. The summed E-state index contributed by atoms with van der Waals surface area (Å²) in [6.45, 7) is 4.10. The molecule has 2 aromatic rings. The zero-order valence-corrected chi connectivity index (χ0v) is 11.5. The van der Waals surface area contributed by atoms with Crippen LogP contribution in [-0.2, 0) is 0 Å². The molecule has 0 atom stereocenters. The van der Waals surface area contributed by atoms with Gasteiger partial charge in [-0.25, -0.2) is 14.4 Å². The molecule has 6 heteroatoms. The molecule has 4 nitrogen and oxygen atoms in total. The Morgan fingerprint density at radius 1 is 1.32 bits per heavy atom. The highest BCUT2D eigenvalue weighted by atomic mass is 32.2. The van der Waals surface area contributed by atoms with Crippen LogP contribution in [0.25, 0.3) is 0 Å². The van der Waals surface area contributed by atoms with E-state index >= 15 is 0 Å². The number of nitrogens with two attached hydrogens (primary N) is 1. The fourth-order valence-electron chi connectivity index (χ4n) is 1.44. The number of benzene rings is 1. The first kappa shape index (κ1) is 13.6. The van der Waals surface area contributed by atoms with Crippen LogP contribution < -0.4 is 10.5 Å². The molecular weight excluding hydrogens is 265 g/mol. The highest BCUT2D eigenvalue weighted by molar-refractivity contribution is 7.99. The molecule has 0 aliphatic heterocycles. The van der Waals surface area contributed by atoms with Gasteiger partial charge in [-0.05, 0) is 37.2 Å². The third-order valence-corrected chi connectivity index (χ3v) is 3.29. The number of aromatic nitrogens is 2. The van der Waals surface area contributed by atoms with E-state index in [0.717, 1.165) is 5.56 Å². The van der Waals surface area contributed by atoms with Gasteiger partial charge in [0.15, 0.2) is 16.7 Å². The Morgan fingerprint density at radius 3 is 2.63 bits per heavy atom. The largest absolute Gasteiger partial charge is 0.491 e. The molecule has 0 saturated heterocycles. The van der Waals surface area contributed by atoms with Gasteiger partial charge in [-0.3, -0.25) is 0 Å². The van der Waals surface area contributed by atoms with Gasteiger partial charge in [-0.1, -0.05) is 0 Å². The summed E-state index contributed by atoms with van der Waals surface area (Å²) >= 11 is 1.28. The van der Waals surface area contributed by atoms with E-state index in [2.05, 4.69) is 9.97 Å². The van der Waals surface area contributed by atoms with E-state index in [0.29, 0.717) is 22.3 Å². The number of anilines is 1. The van der Waals surface area contributed by atoms with Gasteiger partial charge in [0.05, 0.1) is 6.61 Å². The minimum Gasteiger partial charge on any atom is -0.491 e. The minimum absolute atomic E-state index is 0.186. The summed E-state index contributed by atoms with van der Waals surface area (Å²) in [5, 5.41) is 0.561. The molecule has 1 heterocycles. The van der Waals surface area contributed by atoms with E-state index in [-0.39, 0.29) is 5.75 Å². The highest BCUT2D eigenvalue weighted by Crippen LogP contribution is 2.34. The van der Waals surface area contributed by atoms with Gasteiger partial charge in [0.2, 0.25) is 0 Å². The van der Waals surface area contributed by atoms with Crippen LogP contribution >= 0.6 is 11.8 Å². The van der Waals surface area contributed by atoms with Gasteiger partial charge in [-0.2, -0.15) is 0 Å². The molecule has 0 unspecified atom stereocenters. The Balaban J connectivity index is 2.28. The summed E-state index contributed by atoms with van der Waals surface area (Å²) in [6, 6.07) is 2.82. The number of hydrogen-bond donors (Lipinski definition) is 1. The summed E-state index contributed by atoms with van der Waals surface area (Å²) in [6.07, 6.45) is 3.44. The van der Waals surface area contributed by atoms with Crippen LogP contribution in [0.15, 0.2) is 34.6 Å². The lowest BCUT2D eigenvalue weighted by Gasteiger charge is -2.09. The molecular formula is C13H14FN3OS. The minimum atomic E-state index is -0.464. The molecule has 2 rings (SSSR count). The third-order valence-electron chi connectivity index (χ3n) is 2.32. The first-order valence-corrected chi connectivity index (χ1v) is 6.60. The maximum Gasteiger partial charge on any atom is 0.192 e. The second-order valence-electron chi connectivity index (χ2n) is 3.90. The van der Waals surface area contributed by atoms with E-state index in [1.807, 2.05) is 6.92 Å². The molecule has 0 amide bonds. The lowest BCUT2D eigenvalue weighted by atomic mass is 10.3. The van der Waals surface area contributed by atoms with Crippen molar-refractivity contribution in [2.45, 2.75) is 23.9 Å². The normalized spacial score (nSPS) is 10.5. The first-order chi connectivity index (χ1) is 9.10. The lowest BCUT2D eigenvalue weighted by molar-refractivity contribution is 0.321. The molecule has 100 valence electrons. The van der Waals surface area contributed by atoms with Crippen molar-refractivity contribution in [1.82, 2.24) is 9.97 Å². The molecule has 2 N–H and O–H groups in total. The average Bonchev–Trinajstić information content (AvgIpc) is 2.38. The predicted molar refractivity (Wildman–Crippen MR) is 72.9 cm³/mol. The molecule has 0 saturated carbocycles. The van der Waals surface area contributed by atoms with E-state index in [1.165, 1.54) is 17.8 Å². The fourth-order valence-corrected chi connectivity index (χ4v) is 2.19. The second kappa shape index (κ2) is 5.88. The molecule has 1 aromatic heterocycles. The van der Waals surface area contributed by atoms with Gasteiger partial charge in [0.1, 0.15) is 0 Å². The van der Waals surface area contributed by atoms with E-state index in [1.54, 1.807) is 25.4 Å². The van der Waals surface area contributed by atoms with Gasteiger partial charge < -0.3 is 10.5 Å². The van der Waals surface area contributed by atoms with Crippen LogP contribution in [0.2, 0.25) is 0 Å². The summed E-state index contributed by atoms with van der Waals surface area (Å²) in [4.78, 5) is 9.02. The summed E-state index contributed by atoms with van der Waals surface area (Å²) < 4.78 is 18.8. The van der Waals surface area contributed by atoms with Gasteiger partial charge in [0.25, 0.3) is 0 Å². The Kier molecular flexibility index (Phi) is 4.21. The lowest BCUT2D eigenvalue weighted by Crippen LogP contribution is -1.98. The van der Waals surface area contributed by atoms with Crippen molar-refractivity contribution in [2.75, 3.05) is 12.3 Å². The molecule has 0 radical (unpaired) electrons. The highest BCUT2D eigenvalue weighted by Gasteiger charge is 2.11. The van der Waals surface area contributed by atoms with E-state index in [9.17, 15) is 4.39 Å². The molecule has 0 bridgehead atoms. The van der Waals surface area contributed by atoms with Crippen molar-refractivity contribution >= 4 is 17.4 Å². The van der Waals surface area contributed by atoms with Crippen molar-refractivity contribution < 1.29 is 9.13 Å². The number of rotatable bonds is 4. The third kappa shape index (κ3) is 3.35. The standard InChI is InChI=1S/C13H14FN3OS/c1-3-18-11-5-12(10(15)4-9(11)14)19-13-16-6-8(2)7-17-13/h4-7H,3,15H2,1-2H3. The molecule has 0 fully saturated rings. The number of halogens is 1. The molecule has 0 aliphatic carbocycles. The topological polar surface area (TPSA) is 61.0 Å². The average molecular weight is 279 g/mol. The Morgan fingerprint density at radius 2 is 2.00 bits per heavy atom. The van der Waals surface area contributed by atoms with Gasteiger partial charge in [-0.15, -0.1) is 0 Å². The van der Waals surface area contributed by atoms with Crippen molar-refractivity contribution in [2.24, 2.45) is 0 Å². The van der Waals surface area contributed by atoms with Crippen LogP contribution in [0.3, 0.4) is 0 Å². The fraction of sp³-hybridized carbons (Fsp3) is 0.231. The summed E-state index contributed by atoms with van der Waals surface area (Å²) in [7, 11) is 0.